The van der Waals surface area contributed by atoms with E-state index in [0.717, 1.165) is 12.8 Å². The molecule has 0 spiro atoms. The molecule has 22 heavy (non-hydrogen) atoms. The molecule has 0 saturated heterocycles. The third-order valence-electron chi connectivity index (χ3n) is 3.14. The van der Waals surface area contributed by atoms with Crippen LogP contribution in [-0.4, -0.2) is 36.3 Å². The van der Waals surface area contributed by atoms with E-state index in [4.69, 9.17) is 23.2 Å². The number of nitrogens with one attached hydrogen (secondary N) is 1. The third kappa shape index (κ3) is 5.85. The van der Waals surface area contributed by atoms with Gasteiger partial charge in [0.1, 0.15) is 0 Å². The van der Waals surface area contributed by atoms with Gasteiger partial charge in [0.15, 0.2) is 0 Å². The highest BCUT2D eigenvalue weighted by atomic mass is 35.5. The lowest BCUT2D eigenvalue weighted by molar-refractivity contribution is -0.135. The average molecular weight is 345 g/mol. The lowest BCUT2D eigenvalue weighted by Crippen LogP contribution is -2.42. The van der Waals surface area contributed by atoms with Gasteiger partial charge in [0.2, 0.25) is 11.8 Å². The van der Waals surface area contributed by atoms with E-state index < -0.39 is 0 Å². The highest BCUT2D eigenvalue weighted by Gasteiger charge is 2.19. The molecule has 0 aliphatic heterocycles. The van der Waals surface area contributed by atoms with Gasteiger partial charge in [-0.3, -0.25) is 9.59 Å². The predicted molar refractivity (Wildman–Crippen MR) is 90.3 cm³/mol. The molecular weight excluding hydrogens is 323 g/mol. The van der Waals surface area contributed by atoms with Gasteiger partial charge in [-0.15, -0.1) is 0 Å². The summed E-state index contributed by atoms with van der Waals surface area (Å²) in [5.74, 6) is -0.294. The number of halogens is 2. The molecule has 0 bridgehead atoms. The van der Waals surface area contributed by atoms with Crippen LogP contribution in [0.25, 0.3) is 0 Å². The smallest absolute Gasteiger partial charge is 0.239 e. The van der Waals surface area contributed by atoms with E-state index in [-0.39, 0.29) is 24.8 Å². The fraction of sp³-hybridized carbons (Fsp3) is 0.500. The van der Waals surface area contributed by atoms with Crippen molar-refractivity contribution in [1.29, 1.82) is 0 Å². The summed E-state index contributed by atoms with van der Waals surface area (Å²) in [7, 11) is 0. The minimum absolute atomic E-state index is 0.0642. The minimum atomic E-state index is -0.150. The number of carbonyl (C=O) groups is 2. The van der Waals surface area contributed by atoms with Gasteiger partial charge in [0.05, 0.1) is 13.0 Å². The van der Waals surface area contributed by atoms with Crippen LogP contribution < -0.4 is 5.32 Å². The zero-order chi connectivity index (χ0) is 16.5. The summed E-state index contributed by atoms with van der Waals surface area (Å²) in [4.78, 5) is 25.8. The molecule has 1 rings (SSSR count). The Labute approximate surface area is 141 Å². The number of hydrogen-bond donors (Lipinski definition) is 1. The molecule has 2 amide bonds. The van der Waals surface area contributed by atoms with Crippen LogP contribution >= 0.6 is 23.2 Å². The van der Waals surface area contributed by atoms with Gasteiger partial charge in [0, 0.05) is 23.1 Å². The van der Waals surface area contributed by atoms with Crippen molar-refractivity contribution >= 4 is 35.0 Å². The van der Waals surface area contributed by atoms with Gasteiger partial charge in [-0.25, -0.2) is 0 Å². The molecule has 1 N–H and O–H groups in total. The van der Waals surface area contributed by atoms with E-state index >= 15 is 0 Å². The zero-order valence-electron chi connectivity index (χ0n) is 13.0. The molecule has 6 heteroatoms. The molecule has 1 aromatic rings. The number of nitrogens with zero attached hydrogens (tertiary/aromatic N) is 1. The first-order valence-corrected chi connectivity index (χ1v) is 8.22. The van der Waals surface area contributed by atoms with Crippen LogP contribution in [0, 0.1) is 0 Å². The highest BCUT2D eigenvalue weighted by Crippen LogP contribution is 2.25. The number of benzene rings is 1. The highest BCUT2D eigenvalue weighted by molar-refractivity contribution is 6.36. The normalized spacial score (nSPS) is 10.4. The Hall–Kier alpha value is -1.26. The van der Waals surface area contributed by atoms with Crippen molar-refractivity contribution in [2.75, 3.05) is 19.6 Å². The second kappa shape index (κ2) is 9.70. The van der Waals surface area contributed by atoms with Crippen molar-refractivity contribution in [2.45, 2.75) is 33.1 Å². The van der Waals surface area contributed by atoms with E-state index in [9.17, 15) is 9.59 Å². The van der Waals surface area contributed by atoms with Crippen LogP contribution in [0.4, 0.5) is 0 Å². The standard InChI is InChI=1S/C16H22Cl2N2O2/c1-3-8-19-15(21)11-20(9-4-2)16(22)10-12-13(17)6-5-7-14(12)18/h5-7H,3-4,8-11H2,1-2H3,(H,19,21). The van der Waals surface area contributed by atoms with Gasteiger partial charge in [-0.1, -0.05) is 43.1 Å². The van der Waals surface area contributed by atoms with Gasteiger partial charge < -0.3 is 10.2 Å². The van der Waals surface area contributed by atoms with Gasteiger partial charge in [-0.2, -0.15) is 0 Å². The van der Waals surface area contributed by atoms with Crippen molar-refractivity contribution in [3.63, 3.8) is 0 Å². The predicted octanol–water partition coefficient (Wildman–Crippen LogP) is 3.30. The zero-order valence-corrected chi connectivity index (χ0v) is 14.5. The largest absolute Gasteiger partial charge is 0.355 e. The number of amides is 2. The van der Waals surface area contributed by atoms with E-state index in [1.54, 1.807) is 23.1 Å². The second-order valence-electron chi connectivity index (χ2n) is 5.04. The summed E-state index contributed by atoms with van der Waals surface area (Å²) in [6.07, 6.45) is 1.74. The first-order valence-electron chi connectivity index (χ1n) is 7.46. The first-order chi connectivity index (χ1) is 10.5. The lowest BCUT2D eigenvalue weighted by Gasteiger charge is -2.22. The molecule has 1 aromatic carbocycles. The second-order valence-corrected chi connectivity index (χ2v) is 5.86. The summed E-state index contributed by atoms with van der Waals surface area (Å²) in [6.45, 7) is 5.15. The van der Waals surface area contributed by atoms with Crippen LogP contribution in [0.2, 0.25) is 10.0 Å². The maximum absolute atomic E-state index is 12.4. The Morgan fingerprint density at radius 1 is 1.14 bits per heavy atom. The Morgan fingerprint density at radius 3 is 2.32 bits per heavy atom. The third-order valence-corrected chi connectivity index (χ3v) is 3.85. The van der Waals surface area contributed by atoms with Gasteiger partial charge in [-0.05, 0) is 30.5 Å². The molecule has 0 radical (unpaired) electrons. The summed E-state index contributed by atoms with van der Waals surface area (Å²) >= 11 is 12.2. The quantitative estimate of drug-likeness (QED) is 0.786. The van der Waals surface area contributed by atoms with Crippen LogP contribution in [-0.2, 0) is 16.0 Å². The summed E-state index contributed by atoms with van der Waals surface area (Å²) in [6, 6.07) is 5.14. The van der Waals surface area contributed by atoms with Crippen molar-refractivity contribution in [3.05, 3.63) is 33.8 Å². The molecular formula is C16H22Cl2N2O2. The fourth-order valence-corrected chi connectivity index (χ4v) is 2.55. The monoisotopic (exact) mass is 344 g/mol. The van der Waals surface area contributed by atoms with Crippen molar-refractivity contribution < 1.29 is 9.59 Å². The van der Waals surface area contributed by atoms with Crippen LogP contribution in [0.5, 0.6) is 0 Å². The summed E-state index contributed by atoms with van der Waals surface area (Å²) < 4.78 is 0. The molecule has 0 aliphatic carbocycles. The topological polar surface area (TPSA) is 49.4 Å². The Morgan fingerprint density at radius 2 is 1.77 bits per heavy atom. The molecule has 0 saturated carbocycles. The lowest BCUT2D eigenvalue weighted by atomic mass is 10.1. The molecule has 4 nitrogen and oxygen atoms in total. The maximum atomic E-state index is 12.4. The van der Waals surface area contributed by atoms with E-state index in [2.05, 4.69) is 5.32 Å². The average Bonchev–Trinajstić information content (AvgIpc) is 2.48. The van der Waals surface area contributed by atoms with Crippen LogP contribution in [0.15, 0.2) is 18.2 Å². The molecule has 0 aromatic heterocycles. The minimum Gasteiger partial charge on any atom is -0.355 e. The first kappa shape index (κ1) is 18.8. The summed E-state index contributed by atoms with van der Waals surface area (Å²) in [5, 5.41) is 3.71. The van der Waals surface area contributed by atoms with E-state index in [1.807, 2.05) is 13.8 Å². The molecule has 0 heterocycles. The summed E-state index contributed by atoms with van der Waals surface area (Å²) in [5.41, 5.74) is 0.603. The van der Waals surface area contributed by atoms with Gasteiger partial charge >= 0.3 is 0 Å². The SMILES string of the molecule is CCCNC(=O)CN(CCC)C(=O)Cc1c(Cl)cccc1Cl. The Kier molecular flexibility index (Phi) is 8.28. The van der Waals surface area contributed by atoms with Crippen LogP contribution in [0.1, 0.15) is 32.3 Å². The Balaban J connectivity index is 2.74. The van der Waals surface area contributed by atoms with Gasteiger partial charge in [0.25, 0.3) is 0 Å². The molecule has 0 atom stereocenters. The molecule has 0 aliphatic rings. The maximum Gasteiger partial charge on any atom is 0.239 e. The number of hydrogen-bond acceptors (Lipinski definition) is 2. The Bertz CT molecular complexity index is 501. The fourth-order valence-electron chi connectivity index (χ4n) is 2.02. The molecule has 0 unspecified atom stereocenters. The van der Waals surface area contributed by atoms with E-state index in [0.29, 0.717) is 28.7 Å². The van der Waals surface area contributed by atoms with E-state index in [1.165, 1.54) is 0 Å². The van der Waals surface area contributed by atoms with Crippen molar-refractivity contribution in [3.8, 4) is 0 Å². The number of carbonyl (C=O) groups excluding carboxylic acids is 2. The van der Waals surface area contributed by atoms with Crippen molar-refractivity contribution in [2.24, 2.45) is 0 Å². The molecule has 0 fully saturated rings. The molecule has 122 valence electrons. The van der Waals surface area contributed by atoms with Crippen LogP contribution in [0.3, 0.4) is 0 Å². The van der Waals surface area contributed by atoms with Crippen molar-refractivity contribution in [1.82, 2.24) is 10.2 Å². The number of rotatable bonds is 8.